The van der Waals surface area contributed by atoms with Crippen molar-refractivity contribution in [3.8, 4) is 0 Å². The van der Waals surface area contributed by atoms with E-state index in [0.717, 1.165) is 6.42 Å². The Morgan fingerprint density at radius 2 is 1.83 bits per heavy atom. The number of nitrogens with one attached hydrogen (secondary N) is 2. The molecule has 1 unspecified atom stereocenters. The van der Waals surface area contributed by atoms with Crippen molar-refractivity contribution in [2.45, 2.75) is 46.2 Å². The minimum Gasteiger partial charge on any atom is -0.362 e. The zero-order valence-electron chi connectivity index (χ0n) is 11.1. The lowest BCUT2D eigenvalue weighted by atomic mass is 10.2. The topological polar surface area (TPSA) is 93.0 Å². The highest BCUT2D eigenvalue weighted by molar-refractivity contribution is 5.69. The monoisotopic (exact) mass is 253 g/mol. The second kappa shape index (κ2) is 6.13. The summed E-state index contributed by atoms with van der Waals surface area (Å²) in [6, 6.07) is 0.181. The first-order chi connectivity index (χ1) is 8.45. The predicted octanol–water partition coefficient (Wildman–Crippen LogP) is 2.42. The Morgan fingerprint density at radius 1 is 1.28 bits per heavy atom. The van der Waals surface area contributed by atoms with Crippen molar-refractivity contribution >= 4 is 17.3 Å². The molecule has 1 aromatic heterocycles. The van der Waals surface area contributed by atoms with Gasteiger partial charge >= 0.3 is 5.69 Å². The molecule has 0 aromatic carbocycles. The molecule has 0 saturated carbocycles. The van der Waals surface area contributed by atoms with Gasteiger partial charge in [-0.25, -0.2) is 9.97 Å². The lowest BCUT2D eigenvalue weighted by Gasteiger charge is -2.14. The van der Waals surface area contributed by atoms with Crippen molar-refractivity contribution < 1.29 is 4.92 Å². The number of anilines is 2. The summed E-state index contributed by atoms with van der Waals surface area (Å²) < 4.78 is 0. The van der Waals surface area contributed by atoms with E-state index in [1.54, 1.807) is 0 Å². The van der Waals surface area contributed by atoms with E-state index in [1.165, 1.54) is 6.33 Å². The molecular formula is C11H19N5O2. The molecule has 18 heavy (non-hydrogen) atoms. The van der Waals surface area contributed by atoms with Gasteiger partial charge in [0.2, 0.25) is 11.6 Å². The van der Waals surface area contributed by atoms with Crippen molar-refractivity contribution in [3.05, 3.63) is 16.4 Å². The van der Waals surface area contributed by atoms with Gasteiger partial charge in [-0.05, 0) is 27.2 Å². The van der Waals surface area contributed by atoms with Crippen LogP contribution < -0.4 is 10.6 Å². The van der Waals surface area contributed by atoms with Crippen LogP contribution in [0.15, 0.2) is 6.33 Å². The SMILES string of the molecule is CCC(C)Nc1ncnc(NC(C)C)c1[N+](=O)[O-]. The molecule has 0 aliphatic rings. The molecule has 7 nitrogen and oxygen atoms in total. The molecule has 1 heterocycles. The maximum atomic E-state index is 11.1. The van der Waals surface area contributed by atoms with Crippen molar-refractivity contribution in [1.82, 2.24) is 9.97 Å². The normalized spacial score (nSPS) is 12.3. The Labute approximate surface area is 106 Å². The van der Waals surface area contributed by atoms with E-state index < -0.39 is 4.92 Å². The average molecular weight is 253 g/mol. The zero-order valence-corrected chi connectivity index (χ0v) is 11.1. The number of aromatic nitrogens is 2. The highest BCUT2D eigenvalue weighted by Crippen LogP contribution is 2.29. The Hall–Kier alpha value is -1.92. The molecule has 7 heteroatoms. The van der Waals surface area contributed by atoms with E-state index in [-0.39, 0.29) is 29.4 Å². The fraction of sp³-hybridized carbons (Fsp3) is 0.636. The molecule has 0 spiro atoms. The van der Waals surface area contributed by atoms with Gasteiger partial charge in [0, 0.05) is 12.1 Å². The van der Waals surface area contributed by atoms with Crippen LogP contribution in [-0.4, -0.2) is 27.0 Å². The van der Waals surface area contributed by atoms with E-state index >= 15 is 0 Å². The van der Waals surface area contributed by atoms with Crippen LogP contribution in [0.1, 0.15) is 34.1 Å². The van der Waals surface area contributed by atoms with E-state index in [0.29, 0.717) is 0 Å². The van der Waals surface area contributed by atoms with Gasteiger partial charge < -0.3 is 10.6 Å². The van der Waals surface area contributed by atoms with Crippen LogP contribution in [0.3, 0.4) is 0 Å². The van der Waals surface area contributed by atoms with Gasteiger partial charge in [0.25, 0.3) is 0 Å². The second-order valence-corrected chi connectivity index (χ2v) is 4.43. The maximum Gasteiger partial charge on any atom is 0.353 e. The highest BCUT2D eigenvalue weighted by Gasteiger charge is 2.23. The summed E-state index contributed by atoms with van der Waals surface area (Å²) in [5.41, 5.74) is -0.105. The Bertz CT molecular complexity index is 422. The maximum absolute atomic E-state index is 11.1. The molecular weight excluding hydrogens is 234 g/mol. The fourth-order valence-corrected chi connectivity index (χ4v) is 1.37. The largest absolute Gasteiger partial charge is 0.362 e. The third-order valence-electron chi connectivity index (χ3n) is 2.43. The van der Waals surface area contributed by atoms with Gasteiger partial charge in [0.1, 0.15) is 6.33 Å². The summed E-state index contributed by atoms with van der Waals surface area (Å²) in [7, 11) is 0. The standard InChI is InChI=1S/C11H19N5O2/c1-5-8(4)15-11-9(16(17)18)10(12-6-13-11)14-7(2)3/h6-8H,5H2,1-4H3,(H2,12,13,14,15). The summed E-state index contributed by atoms with van der Waals surface area (Å²) in [5, 5.41) is 17.1. The molecule has 0 aliphatic heterocycles. The first kappa shape index (κ1) is 14.1. The van der Waals surface area contributed by atoms with E-state index in [9.17, 15) is 10.1 Å². The molecule has 0 fully saturated rings. The first-order valence-corrected chi connectivity index (χ1v) is 5.98. The highest BCUT2D eigenvalue weighted by atomic mass is 16.6. The third-order valence-corrected chi connectivity index (χ3v) is 2.43. The molecule has 1 aromatic rings. The zero-order chi connectivity index (χ0) is 13.7. The van der Waals surface area contributed by atoms with E-state index in [4.69, 9.17) is 0 Å². The summed E-state index contributed by atoms with van der Waals surface area (Å²) in [6.07, 6.45) is 2.18. The second-order valence-electron chi connectivity index (χ2n) is 4.43. The van der Waals surface area contributed by atoms with Gasteiger partial charge in [0.15, 0.2) is 0 Å². The molecule has 1 atom stereocenters. The third kappa shape index (κ3) is 3.54. The van der Waals surface area contributed by atoms with Crippen LogP contribution in [0, 0.1) is 10.1 Å². The Morgan fingerprint density at radius 3 is 2.28 bits per heavy atom. The van der Waals surface area contributed by atoms with Crippen LogP contribution in [0.25, 0.3) is 0 Å². The number of nitro groups is 1. The minimum atomic E-state index is -0.463. The van der Waals surface area contributed by atoms with Gasteiger partial charge in [-0.2, -0.15) is 0 Å². The van der Waals surface area contributed by atoms with Gasteiger partial charge in [-0.1, -0.05) is 6.92 Å². The van der Waals surface area contributed by atoms with Gasteiger partial charge in [-0.15, -0.1) is 0 Å². The van der Waals surface area contributed by atoms with Crippen molar-refractivity contribution in [2.24, 2.45) is 0 Å². The number of hydrogen-bond donors (Lipinski definition) is 2. The lowest BCUT2D eigenvalue weighted by Crippen LogP contribution is -2.18. The molecule has 0 amide bonds. The van der Waals surface area contributed by atoms with E-state index in [2.05, 4.69) is 20.6 Å². The first-order valence-electron chi connectivity index (χ1n) is 5.98. The quantitative estimate of drug-likeness (QED) is 0.597. The fourth-order valence-electron chi connectivity index (χ4n) is 1.37. The number of nitrogens with zero attached hydrogens (tertiary/aromatic N) is 3. The minimum absolute atomic E-state index is 0.0649. The van der Waals surface area contributed by atoms with Crippen LogP contribution in [0.2, 0.25) is 0 Å². The number of rotatable bonds is 6. The molecule has 0 saturated heterocycles. The summed E-state index contributed by atoms with van der Waals surface area (Å²) in [6.45, 7) is 7.74. The van der Waals surface area contributed by atoms with E-state index in [1.807, 2.05) is 27.7 Å². The van der Waals surface area contributed by atoms with Crippen molar-refractivity contribution in [3.63, 3.8) is 0 Å². The molecule has 2 N–H and O–H groups in total. The molecule has 0 aliphatic carbocycles. The molecule has 0 bridgehead atoms. The van der Waals surface area contributed by atoms with Crippen LogP contribution >= 0.6 is 0 Å². The molecule has 100 valence electrons. The molecule has 0 radical (unpaired) electrons. The van der Waals surface area contributed by atoms with Crippen LogP contribution in [0.4, 0.5) is 17.3 Å². The number of hydrogen-bond acceptors (Lipinski definition) is 6. The van der Waals surface area contributed by atoms with Crippen molar-refractivity contribution in [2.75, 3.05) is 10.6 Å². The molecule has 1 rings (SSSR count). The Kier molecular flexibility index (Phi) is 4.82. The summed E-state index contributed by atoms with van der Waals surface area (Å²) >= 11 is 0. The van der Waals surface area contributed by atoms with Gasteiger partial charge in [-0.3, -0.25) is 10.1 Å². The van der Waals surface area contributed by atoms with Crippen LogP contribution in [-0.2, 0) is 0 Å². The Balaban J connectivity index is 3.13. The smallest absolute Gasteiger partial charge is 0.353 e. The average Bonchev–Trinajstić information content (AvgIpc) is 2.27. The summed E-state index contributed by atoms with van der Waals surface area (Å²) in [5.74, 6) is 0.503. The lowest BCUT2D eigenvalue weighted by molar-refractivity contribution is -0.383. The summed E-state index contributed by atoms with van der Waals surface area (Å²) in [4.78, 5) is 18.6. The predicted molar refractivity (Wildman–Crippen MR) is 70.8 cm³/mol. The van der Waals surface area contributed by atoms with Gasteiger partial charge in [0.05, 0.1) is 4.92 Å². The van der Waals surface area contributed by atoms with Crippen molar-refractivity contribution in [1.29, 1.82) is 0 Å². The van der Waals surface area contributed by atoms with Crippen LogP contribution in [0.5, 0.6) is 0 Å².